The Bertz CT molecular complexity index is 346. The van der Waals surface area contributed by atoms with Crippen LogP contribution in [0.5, 0.6) is 0 Å². The van der Waals surface area contributed by atoms with Gasteiger partial charge in [-0.1, -0.05) is 5.16 Å². The van der Waals surface area contributed by atoms with Crippen molar-refractivity contribution in [2.24, 2.45) is 0 Å². The molecule has 6 heteroatoms. The standard InChI is InChI=1S/C9H13N3O3/c1-14-5-7-2-8(12-15-7)9(13)11-6-3-10-4-6/h2,6,10H,3-5H2,1H3,(H,11,13). The lowest BCUT2D eigenvalue weighted by Gasteiger charge is -2.27. The maximum Gasteiger partial charge on any atom is 0.273 e. The molecule has 1 aliphatic heterocycles. The molecule has 15 heavy (non-hydrogen) atoms. The molecule has 6 nitrogen and oxygen atoms in total. The Labute approximate surface area is 87.0 Å². The monoisotopic (exact) mass is 211 g/mol. The first-order valence-electron chi connectivity index (χ1n) is 4.75. The molecule has 1 fully saturated rings. The molecule has 0 unspecified atom stereocenters. The molecule has 0 radical (unpaired) electrons. The normalized spacial score (nSPS) is 16.1. The van der Waals surface area contributed by atoms with Gasteiger partial charge in [-0.25, -0.2) is 0 Å². The highest BCUT2D eigenvalue weighted by Gasteiger charge is 2.21. The van der Waals surface area contributed by atoms with Crippen molar-refractivity contribution in [1.82, 2.24) is 15.8 Å². The predicted molar refractivity (Wildman–Crippen MR) is 51.3 cm³/mol. The van der Waals surface area contributed by atoms with Gasteiger partial charge in [0.25, 0.3) is 5.91 Å². The molecule has 0 spiro atoms. The molecular weight excluding hydrogens is 198 g/mol. The van der Waals surface area contributed by atoms with E-state index in [0.717, 1.165) is 13.1 Å². The van der Waals surface area contributed by atoms with Gasteiger partial charge in [0, 0.05) is 26.3 Å². The second-order valence-corrected chi connectivity index (χ2v) is 3.44. The number of nitrogens with zero attached hydrogens (tertiary/aromatic N) is 1. The molecule has 0 aromatic carbocycles. The van der Waals surface area contributed by atoms with Crippen LogP contribution in [0.1, 0.15) is 16.2 Å². The number of nitrogens with one attached hydrogen (secondary N) is 2. The minimum Gasteiger partial charge on any atom is -0.377 e. The van der Waals surface area contributed by atoms with Crippen molar-refractivity contribution in [3.8, 4) is 0 Å². The van der Waals surface area contributed by atoms with Crippen molar-refractivity contribution < 1.29 is 14.1 Å². The Hall–Kier alpha value is -1.40. The van der Waals surface area contributed by atoms with Crippen molar-refractivity contribution in [2.45, 2.75) is 12.6 Å². The maximum atomic E-state index is 11.6. The number of methoxy groups -OCH3 is 1. The summed E-state index contributed by atoms with van der Waals surface area (Å²) < 4.78 is 9.77. The fraction of sp³-hybridized carbons (Fsp3) is 0.556. The molecule has 82 valence electrons. The van der Waals surface area contributed by atoms with Gasteiger partial charge in [-0.3, -0.25) is 4.79 Å². The Morgan fingerprint density at radius 1 is 1.80 bits per heavy atom. The molecule has 1 amide bonds. The number of hydrogen-bond acceptors (Lipinski definition) is 5. The Morgan fingerprint density at radius 2 is 2.60 bits per heavy atom. The molecule has 1 aromatic heterocycles. The SMILES string of the molecule is COCc1cc(C(=O)NC2CNC2)no1. The highest BCUT2D eigenvalue weighted by atomic mass is 16.5. The van der Waals surface area contributed by atoms with Gasteiger partial charge in [0.2, 0.25) is 0 Å². The first-order valence-corrected chi connectivity index (χ1v) is 4.75. The molecule has 2 rings (SSSR count). The molecule has 0 saturated carbocycles. The van der Waals surface area contributed by atoms with Crippen molar-refractivity contribution in [2.75, 3.05) is 20.2 Å². The van der Waals surface area contributed by atoms with Crippen LogP contribution in [-0.2, 0) is 11.3 Å². The molecule has 0 atom stereocenters. The number of aromatic nitrogens is 1. The molecular formula is C9H13N3O3. The number of ether oxygens (including phenoxy) is 1. The van der Waals surface area contributed by atoms with E-state index in [1.165, 1.54) is 0 Å². The summed E-state index contributed by atoms with van der Waals surface area (Å²) in [6, 6.07) is 1.80. The van der Waals surface area contributed by atoms with Gasteiger partial charge in [0.05, 0.1) is 6.04 Å². The molecule has 1 aliphatic rings. The van der Waals surface area contributed by atoms with E-state index < -0.39 is 0 Å². The third-order valence-corrected chi connectivity index (χ3v) is 2.19. The third-order valence-electron chi connectivity index (χ3n) is 2.19. The Morgan fingerprint density at radius 3 is 3.20 bits per heavy atom. The first-order chi connectivity index (χ1) is 7.29. The second-order valence-electron chi connectivity index (χ2n) is 3.44. The second kappa shape index (κ2) is 4.41. The summed E-state index contributed by atoms with van der Waals surface area (Å²) in [6.07, 6.45) is 0. The van der Waals surface area contributed by atoms with E-state index in [9.17, 15) is 4.79 Å². The lowest BCUT2D eigenvalue weighted by atomic mass is 10.2. The lowest BCUT2D eigenvalue weighted by molar-refractivity contribution is 0.0914. The van der Waals surface area contributed by atoms with E-state index in [1.54, 1.807) is 13.2 Å². The predicted octanol–water partition coefficient (Wildman–Crippen LogP) is -0.477. The van der Waals surface area contributed by atoms with Gasteiger partial charge >= 0.3 is 0 Å². The lowest BCUT2D eigenvalue weighted by Crippen LogP contribution is -2.56. The molecule has 0 bridgehead atoms. The van der Waals surface area contributed by atoms with E-state index in [-0.39, 0.29) is 11.9 Å². The number of rotatable bonds is 4. The molecule has 1 aromatic rings. The van der Waals surface area contributed by atoms with Crippen molar-refractivity contribution in [3.63, 3.8) is 0 Å². The average Bonchev–Trinajstić information content (AvgIpc) is 2.60. The topological polar surface area (TPSA) is 76.4 Å². The van der Waals surface area contributed by atoms with E-state index in [0.29, 0.717) is 18.1 Å². The van der Waals surface area contributed by atoms with Crippen LogP contribution < -0.4 is 10.6 Å². The van der Waals surface area contributed by atoms with E-state index in [2.05, 4.69) is 15.8 Å². The van der Waals surface area contributed by atoms with Gasteiger partial charge < -0.3 is 19.9 Å². The van der Waals surface area contributed by atoms with Crippen LogP contribution in [-0.4, -0.2) is 37.3 Å². The van der Waals surface area contributed by atoms with Gasteiger partial charge in [-0.05, 0) is 0 Å². The highest BCUT2D eigenvalue weighted by molar-refractivity contribution is 5.92. The summed E-state index contributed by atoms with van der Waals surface area (Å²) >= 11 is 0. The Balaban J connectivity index is 1.92. The van der Waals surface area contributed by atoms with Crippen LogP contribution in [0.25, 0.3) is 0 Å². The third kappa shape index (κ3) is 2.34. The van der Waals surface area contributed by atoms with Crippen molar-refractivity contribution in [1.29, 1.82) is 0 Å². The van der Waals surface area contributed by atoms with Gasteiger partial charge in [0.15, 0.2) is 11.5 Å². The van der Waals surface area contributed by atoms with Crippen molar-refractivity contribution >= 4 is 5.91 Å². The largest absolute Gasteiger partial charge is 0.377 e. The minimum absolute atomic E-state index is 0.201. The van der Waals surface area contributed by atoms with Crippen LogP contribution >= 0.6 is 0 Å². The quantitative estimate of drug-likeness (QED) is 0.703. The number of hydrogen-bond donors (Lipinski definition) is 2. The zero-order chi connectivity index (χ0) is 10.7. The van der Waals surface area contributed by atoms with Crippen LogP contribution in [0, 0.1) is 0 Å². The first kappa shape index (κ1) is 10.1. The van der Waals surface area contributed by atoms with Crippen LogP contribution in [0.3, 0.4) is 0 Å². The smallest absolute Gasteiger partial charge is 0.273 e. The number of amides is 1. The fourth-order valence-electron chi connectivity index (χ4n) is 1.28. The zero-order valence-electron chi connectivity index (χ0n) is 8.45. The van der Waals surface area contributed by atoms with E-state index in [1.807, 2.05) is 0 Å². The van der Waals surface area contributed by atoms with Gasteiger partial charge in [-0.15, -0.1) is 0 Å². The fourth-order valence-corrected chi connectivity index (χ4v) is 1.28. The molecule has 2 N–H and O–H groups in total. The summed E-state index contributed by atoms with van der Waals surface area (Å²) in [6.45, 7) is 1.95. The van der Waals surface area contributed by atoms with Crippen LogP contribution in [0.4, 0.5) is 0 Å². The summed E-state index contributed by atoms with van der Waals surface area (Å²) in [7, 11) is 1.56. The summed E-state index contributed by atoms with van der Waals surface area (Å²) in [5, 5.41) is 9.55. The van der Waals surface area contributed by atoms with E-state index in [4.69, 9.17) is 9.26 Å². The molecule has 2 heterocycles. The zero-order valence-corrected chi connectivity index (χ0v) is 8.45. The molecule has 0 aliphatic carbocycles. The van der Waals surface area contributed by atoms with Crippen molar-refractivity contribution in [3.05, 3.63) is 17.5 Å². The maximum absolute atomic E-state index is 11.6. The highest BCUT2D eigenvalue weighted by Crippen LogP contribution is 2.05. The van der Waals surface area contributed by atoms with Crippen LogP contribution in [0.15, 0.2) is 10.6 Å². The van der Waals surface area contributed by atoms with E-state index >= 15 is 0 Å². The summed E-state index contributed by atoms with van der Waals surface area (Å²) in [4.78, 5) is 11.6. The van der Waals surface area contributed by atoms with Gasteiger partial charge in [0.1, 0.15) is 6.61 Å². The number of carbonyl (C=O) groups excluding carboxylic acids is 1. The van der Waals surface area contributed by atoms with Gasteiger partial charge in [-0.2, -0.15) is 0 Å². The molecule has 1 saturated heterocycles. The summed E-state index contributed by atoms with van der Waals surface area (Å²) in [5.74, 6) is 0.349. The minimum atomic E-state index is -0.201. The summed E-state index contributed by atoms with van der Waals surface area (Å²) in [5.41, 5.74) is 0.300. The Kier molecular flexibility index (Phi) is 2.98. The van der Waals surface area contributed by atoms with Crippen LogP contribution in [0.2, 0.25) is 0 Å². The number of carbonyl (C=O) groups is 1. The average molecular weight is 211 g/mol.